The van der Waals surface area contributed by atoms with Gasteiger partial charge in [0.1, 0.15) is 0 Å². The van der Waals surface area contributed by atoms with Crippen LogP contribution >= 0.6 is 0 Å². The minimum absolute atomic E-state index is 0.0178. The Morgan fingerprint density at radius 2 is 1.92 bits per heavy atom. The molecular weight excluding hydrogens is 148 g/mol. The zero-order valence-corrected chi connectivity index (χ0v) is 8.96. The average molecular weight is 170 g/mol. The van der Waals surface area contributed by atoms with Crippen LogP contribution < -0.4 is 5.84 Å². The van der Waals surface area contributed by atoms with Gasteiger partial charge in [-0.05, 0) is 26.7 Å². The molecule has 0 amide bonds. The molecule has 0 aliphatic heterocycles. The largest absolute Gasteiger partial charge is 0.313 e. The van der Waals surface area contributed by atoms with Crippen LogP contribution in [0.5, 0.6) is 0 Å². The van der Waals surface area contributed by atoms with Crippen molar-refractivity contribution in [2.24, 2.45) is 11.8 Å². The molecule has 1 unspecified atom stereocenters. The lowest BCUT2D eigenvalue weighted by molar-refractivity contribution is 0.209. The second-order valence-corrected chi connectivity index (χ2v) is 4.31. The smallest absolute Gasteiger partial charge is 0.0470 e. The number of hydrogen-bond acceptors (Lipinski definition) is 2. The normalized spacial score (nSPS) is 15.2. The van der Waals surface area contributed by atoms with Crippen molar-refractivity contribution in [2.75, 3.05) is 0 Å². The molecule has 0 saturated heterocycles. The lowest BCUT2D eigenvalue weighted by atomic mass is 10.1. The van der Waals surface area contributed by atoms with Crippen molar-refractivity contribution in [1.82, 2.24) is 5.01 Å². The molecule has 0 aromatic heterocycles. The molecule has 2 heteroatoms. The molecule has 72 valence electrons. The SMILES string of the molecule is CCC(C)/C=C\N(N)C(C)(C)C. The first-order chi connectivity index (χ1) is 5.38. The van der Waals surface area contributed by atoms with Crippen LogP contribution in [0.2, 0.25) is 0 Å². The number of hydrazine groups is 1. The van der Waals surface area contributed by atoms with Crippen LogP contribution in [0.4, 0.5) is 0 Å². The minimum Gasteiger partial charge on any atom is -0.313 e. The highest BCUT2D eigenvalue weighted by molar-refractivity contribution is 4.88. The number of nitrogens with zero attached hydrogens (tertiary/aromatic N) is 1. The van der Waals surface area contributed by atoms with Gasteiger partial charge in [0.2, 0.25) is 0 Å². The maximum atomic E-state index is 5.80. The van der Waals surface area contributed by atoms with Crippen molar-refractivity contribution in [3.05, 3.63) is 12.3 Å². The standard InChI is InChI=1S/C10H22N2/c1-6-9(2)7-8-12(11)10(3,4)5/h7-9H,6,11H2,1-5H3/b8-7-. The first-order valence-electron chi connectivity index (χ1n) is 4.60. The lowest BCUT2D eigenvalue weighted by Gasteiger charge is -2.30. The maximum Gasteiger partial charge on any atom is 0.0470 e. The Bertz CT molecular complexity index is 144. The average Bonchev–Trinajstić information content (AvgIpc) is 1.97. The molecule has 0 aromatic rings. The fourth-order valence-corrected chi connectivity index (χ4v) is 0.599. The molecule has 0 saturated carbocycles. The van der Waals surface area contributed by atoms with Crippen LogP contribution in [-0.4, -0.2) is 10.5 Å². The van der Waals surface area contributed by atoms with Gasteiger partial charge >= 0.3 is 0 Å². The summed E-state index contributed by atoms with van der Waals surface area (Å²) in [5.41, 5.74) is 0.0178. The van der Waals surface area contributed by atoms with E-state index in [9.17, 15) is 0 Å². The number of hydrogen-bond donors (Lipinski definition) is 1. The van der Waals surface area contributed by atoms with Crippen LogP contribution in [0.3, 0.4) is 0 Å². The lowest BCUT2D eigenvalue weighted by Crippen LogP contribution is -2.42. The van der Waals surface area contributed by atoms with Crippen molar-refractivity contribution >= 4 is 0 Å². The fraction of sp³-hybridized carbons (Fsp3) is 0.800. The van der Waals surface area contributed by atoms with E-state index >= 15 is 0 Å². The minimum atomic E-state index is 0.0178. The van der Waals surface area contributed by atoms with E-state index < -0.39 is 0 Å². The maximum absolute atomic E-state index is 5.80. The second kappa shape index (κ2) is 4.51. The Hall–Kier alpha value is -0.500. The molecule has 0 heterocycles. The summed E-state index contributed by atoms with van der Waals surface area (Å²) in [5, 5.41) is 1.75. The highest BCUT2D eigenvalue weighted by atomic mass is 15.4. The Morgan fingerprint density at radius 3 is 2.25 bits per heavy atom. The Balaban J connectivity index is 3.99. The zero-order valence-electron chi connectivity index (χ0n) is 8.96. The summed E-state index contributed by atoms with van der Waals surface area (Å²) < 4.78 is 0. The summed E-state index contributed by atoms with van der Waals surface area (Å²) in [7, 11) is 0. The molecular formula is C10H22N2. The predicted molar refractivity (Wildman–Crippen MR) is 54.4 cm³/mol. The van der Waals surface area contributed by atoms with Gasteiger partial charge in [0.05, 0.1) is 0 Å². The van der Waals surface area contributed by atoms with Gasteiger partial charge in [-0.25, -0.2) is 5.84 Å². The molecule has 0 radical (unpaired) electrons. The Morgan fingerprint density at radius 1 is 1.42 bits per heavy atom. The monoisotopic (exact) mass is 170 g/mol. The summed E-state index contributed by atoms with van der Waals surface area (Å²) in [6.45, 7) is 10.6. The van der Waals surface area contributed by atoms with E-state index in [1.807, 2.05) is 6.20 Å². The van der Waals surface area contributed by atoms with E-state index in [4.69, 9.17) is 5.84 Å². The van der Waals surface area contributed by atoms with Gasteiger partial charge in [0.15, 0.2) is 0 Å². The van der Waals surface area contributed by atoms with E-state index in [1.54, 1.807) is 5.01 Å². The van der Waals surface area contributed by atoms with Gasteiger partial charge < -0.3 is 5.01 Å². The van der Waals surface area contributed by atoms with Crippen molar-refractivity contribution in [3.8, 4) is 0 Å². The molecule has 12 heavy (non-hydrogen) atoms. The third-order valence-corrected chi connectivity index (χ3v) is 1.99. The fourth-order valence-electron chi connectivity index (χ4n) is 0.599. The summed E-state index contributed by atoms with van der Waals surface area (Å²) in [6.07, 6.45) is 5.27. The quantitative estimate of drug-likeness (QED) is 0.521. The van der Waals surface area contributed by atoms with Crippen molar-refractivity contribution < 1.29 is 0 Å². The van der Waals surface area contributed by atoms with Crippen LogP contribution in [0.15, 0.2) is 12.3 Å². The van der Waals surface area contributed by atoms with Gasteiger partial charge in [-0.1, -0.05) is 26.3 Å². The van der Waals surface area contributed by atoms with Gasteiger partial charge in [-0.15, -0.1) is 0 Å². The van der Waals surface area contributed by atoms with Crippen LogP contribution in [0.25, 0.3) is 0 Å². The molecule has 0 aromatic carbocycles. The van der Waals surface area contributed by atoms with E-state index in [0.717, 1.165) is 6.42 Å². The molecule has 0 spiro atoms. The summed E-state index contributed by atoms with van der Waals surface area (Å²) >= 11 is 0. The van der Waals surface area contributed by atoms with Gasteiger partial charge in [-0.3, -0.25) is 0 Å². The number of allylic oxidation sites excluding steroid dienone is 1. The highest BCUT2D eigenvalue weighted by Crippen LogP contribution is 2.10. The summed E-state index contributed by atoms with van der Waals surface area (Å²) in [4.78, 5) is 0. The zero-order chi connectivity index (χ0) is 9.78. The first kappa shape index (κ1) is 11.5. The van der Waals surface area contributed by atoms with Gasteiger partial charge in [-0.2, -0.15) is 0 Å². The van der Waals surface area contributed by atoms with E-state index in [0.29, 0.717) is 5.92 Å². The van der Waals surface area contributed by atoms with Gasteiger partial charge in [0, 0.05) is 11.7 Å². The topological polar surface area (TPSA) is 29.3 Å². The summed E-state index contributed by atoms with van der Waals surface area (Å²) in [5.74, 6) is 6.41. The van der Waals surface area contributed by atoms with E-state index in [2.05, 4.69) is 40.7 Å². The third kappa shape index (κ3) is 4.39. The van der Waals surface area contributed by atoms with Crippen molar-refractivity contribution in [1.29, 1.82) is 0 Å². The van der Waals surface area contributed by atoms with E-state index in [1.165, 1.54) is 0 Å². The predicted octanol–water partition coefficient (Wildman–Crippen LogP) is 2.52. The summed E-state index contributed by atoms with van der Waals surface area (Å²) in [6, 6.07) is 0. The highest BCUT2D eigenvalue weighted by Gasteiger charge is 2.13. The van der Waals surface area contributed by atoms with Crippen molar-refractivity contribution in [3.63, 3.8) is 0 Å². The Kier molecular flexibility index (Phi) is 4.32. The Labute approximate surface area is 76.4 Å². The molecule has 0 bridgehead atoms. The molecule has 1 atom stereocenters. The molecule has 2 N–H and O–H groups in total. The molecule has 2 nitrogen and oxygen atoms in total. The second-order valence-electron chi connectivity index (χ2n) is 4.31. The van der Waals surface area contributed by atoms with Gasteiger partial charge in [0.25, 0.3) is 0 Å². The van der Waals surface area contributed by atoms with Crippen molar-refractivity contribution in [2.45, 2.75) is 46.6 Å². The third-order valence-electron chi connectivity index (χ3n) is 1.99. The molecule has 0 fully saturated rings. The van der Waals surface area contributed by atoms with Crippen LogP contribution in [-0.2, 0) is 0 Å². The number of rotatable bonds is 3. The number of nitrogens with two attached hydrogens (primary N) is 1. The molecule has 0 rings (SSSR count). The molecule has 0 aliphatic carbocycles. The molecule has 0 aliphatic rings. The van der Waals surface area contributed by atoms with E-state index in [-0.39, 0.29) is 5.54 Å². The first-order valence-corrected chi connectivity index (χ1v) is 4.60. The van der Waals surface area contributed by atoms with Crippen LogP contribution in [0.1, 0.15) is 41.0 Å². The van der Waals surface area contributed by atoms with Crippen LogP contribution in [0, 0.1) is 5.92 Å².